The summed E-state index contributed by atoms with van der Waals surface area (Å²) < 4.78 is 6.71. The van der Waals surface area contributed by atoms with E-state index >= 15 is 0 Å². The molecule has 0 unspecified atom stereocenters. The molecule has 0 amide bonds. The van der Waals surface area contributed by atoms with E-state index in [1.165, 1.54) is 16.9 Å². The standard InChI is InChI=1S/C16H12O3S/c1-10-5-7-12(8-6-10)19-13-4-2-3-11-9-14(16(17)18)20-15(11)13/h2-9H,1H3,(H,17,18). The van der Waals surface area contributed by atoms with Crippen LogP contribution in [0.5, 0.6) is 11.5 Å². The van der Waals surface area contributed by atoms with E-state index in [2.05, 4.69) is 0 Å². The molecule has 0 fully saturated rings. The van der Waals surface area contributed by atoms with Crippen molar-refractivity contribution in [2.45, 2.75) is 6.92 Å². The smallest absolute Gasteiger partial charge is 0.345 e. The minimum Gasteiger partial charge on any atom is -0.477 e. The molecule has 20 heavy (non-hydrogen) atoms. The largest absolute Gasteiger partial charge is 0.477 e. The van der Waals surface area contributed by atoms with E-state index < -0.39 is 5.97 Å². The molecule has 0 saturated carbocycles. The molecule has 0 aliphatic carbocycles. The molecule has 0 saturated heterocycles. The molecule has 0 radical (unpaired) electrons. The number of carboxylic acid groups (broad SMARTS) is 1. The zero-order valence-corrected chi connectivity index (χ0v) is 11.6. The summed E-state index contributed by atoms with van der Waals surface area (Å²) in [4.78, 5) is 11.4. The third kappa shape index (κ3) is 2.38. The lowest BCUT2D eigenvalue weighted by molar-refractivity contribution is 0.0702. The van der Waals surface area contributed by atoms with E-state index in [0.29, 0.717) is 10.6 Å². The number of carboxylic acids is 1. The fraction of sp³-hybridized carbons (Fsp3) is 0.0625. The maximum Gasteiger partial charge on any atom is 0.345 e. The van der Waals surface area contributed by atoms with E-state index in [9.17, 15) is 4.79 Å². The van der Waals surface area contributed by atoms with Gasteiger partial charge in [0.15, 0.2) is 0 Å². The summed E-state index contributed by atoms with van der Waals surface area (Å²) in [6, 6.07) is 15.0. The minimum atomic E-state index is -0.910. The Bertz CT molecular complexity index is 772. The van der Waals surface area contributed by atoms with Gasteiger partial charge in [0.25, 0.3) is 0 Å². The Morgan fingerprint density at radius 1 is 1.15 bits per heavy atom. The zero-order chi connectivity index (χ0) is 14.1. The monoisotopic (exact) mass is 284 g/mol. The first-order valence-electron chi connectivity index (χ1n) is 6.14. The van der Waals surface area contributed by atoms with E-state index in [1.54, 1.807) is 6.07 Å². The number of aromatic carboxylic acids is 1. The van der Waals surface area contributed by atoms with Crippen LogP contribution < -0.4 is 4.74 Å². The van der Waals surface area contributed by atoms with Crippen LogP contribution in [0.25, 0.3) is 10.1 Å². The second-order valence-corrected chi connectivity index (χ2v) is 5.56. The first-order valence-corrected chi connectivity index (χ1v) is 6.95. The number of hydrogen-bond acceptors (Lipinski definition) is 3. The van der Waals surface area contributed by atoms with Gasteiger partial charge < -0.3 is 9.84 Å². The molecule has 1 aromatic heterocycles. The molecular formula is C16H12O3S. The lowest BCUT2D eigenvalue weighted by atomic mass is 10.2. The molecule has 2 aromatic carbocycles. The number of aryl methyl sites for hydroxylation is 1. The van der Waals surface area contributed by atoms with Gasteiger partial charge in [-0.2, -0.15) is 0 Å². The fourth-order valence-electron chi connectivity index (χ4n) is 1.96. The van der Waals surface area contributed by atoms with Gasteiger partial charge in [-0.3, -0.25) is 0 Å². The summed E-state index contributed by atoms with van der Waals surface area (Å²) in [7, 11) is 0. The third-order valence-electron chi connectivity index (χ3n) is 2.97. The van der Waals surface area contributed by atoms with Gasteiger partial charge in [0.1, 0.15) is 16.4 Å². The second-order valence-electron chi connectivity index (χ2n) is 4.51. The molecule has 4 heteroatoms. The molecule has 100 valence electrons. The Labute approximate surface area is 120 Å². The van der Waals surface area contributed by atoms with Gasteiger partial charge in [0.2, 0.25) is 0 Å². The van der Waals surface area contributed by atoms with Crippen LogP contribution in [0.15, 0.2) is 48.5 Å². The fourth-order valence-corrected chi connectivity index (χ4v) is 2.90. The molecular weight excluding hydrogens is 272 g/mol. The van der Waals surface area contributed by atoms with Crippen LogP contribution in [0.4, 0.5) is 0 Å². The summed E-state index contributed by atoms with van der Waals surface area (Å²) in [5.74, 6) is 0.518. The van der Waals surface area contributed by atoms with Crippen molar-refractivity contribution in [1.29, 1.82) is 0 Å². The lowest BCUT2D eigenvalue weighted by Crippen LogP contribution is -1.89. The molecule has 0 aliphatic heterocycles. The molecule has 0 spiro atoms. The molecule has 3 rings (SSSR count). The summed E-state index contributed by atoms with van der Waals surface area (Å²) in [6.45, 7) is 2.02. The Kier molecular flexibility index (Phi) is 3.16. The first kappa shape index (κ1) is 12.7. The van der Waals surface area contributed by atoms with Crippen molar-refractivity contribution < 1.29 is 14.6 Å². The van der Waals surface area contributed by atoms with E-state index in [0.717, 1.165) is 15.8 Å². The van der Waals surface area contributed by atoms with Crippen LogP contribution >= 0.6 is 11.3 Å². The summed E-state index contributed by atoms with van der Waals surface area (Å²) in [5, 5.41) is 9.95. The van der Waals surface area contributed by atoms with Crippen molar-refractivity contribution in [3.8, 4) is 11.5 Å². The number of thiophene rings is 1. The second kappa shape index (κ2) is 4.98. The Hall–Kier alpha value is -2.33. The third-order valence-corrected chi connectivity index (χ3v) is 4.12. The number of rotatable bonds is 3. The normalized spacial score (nSPS) is 10.7. The van der Waals surface area contributed by atoms with E-state index in [-0.39, 0.29) is 0 Å². The number of benzene rings is 2. The van der Waals surface area contributed by atoms with Crippen molar-refractivity contribution in [2.75, 3.05) is 0 Å². The van der Waals surface area contributed by atoms with Gasteiger partial charge in [-0.25, -0.2) is 4.79 Å². The molecule has 1 N–H and O–H groups in total. The van der Waals surface area contributed by atoms with Gasteiger partial charge in [0.05, 0.1) is 4.70 Å². The molecule has 0 bridgehead atoms. The van der Waals surface area contributed by atoms with Crippen LogP contribution in [-0.2, 0) is 0 Å². The number of hydrogen-bond donors (Lipinski definition) is 1. The predicted octanol–water partition coefficient (Wildman–Crippen LogP) is 4.70. The number of fused-ring (bicyclic) bond motifs is 1. The SMILES string of the molecule is Cc1ccc(Oc2cccc3cc(C(=O)O)sc23)cc1. The van der Waals surface area contributed by atoms with Crippen molar-refractivity contribution in [3.05, 3.63) is 59.0 Å². The van der Waals surface area contributed by atoms with Crippen LogP contribution in [0.2, 0.25) is 0 Å². The van der Waals surface area contributed by atoms with Crippen molar-refractivity contribution in [2.24, 2.45) is 0 Å². The maximum absolute atomic E-state index is 11.0. The van der Waals surface area contributed by atoms with E-state index in [1.807, 2.05) is 49.4 Å². The quantitative estimate of drug-likeness (QED) is 0.758. The van der Waals surface area contributed by atoms with Gasteiger partial charge in [-0.1, -0.05) is 29.8 Å². The number of carbonyl (C=O) groups is 1. The van der Waals surface area contributed by atoms with Gasteiger partial charge in [0, 0.05) is 0 Å². The van der Waals surface area contributed by atoms with Crippen LogP contribution in [0.3, 0.4) is 0 Å². The highest BCUT2D eigenvalue weighted by Crippen LogP contribution is 2.36. The molecule has 1 heterocycles. The molecule has 3 aromatic rings. The van der Waals surface area contributed by atoms with Crippen molar-refractivity contribution in [3.63, 3.8) is 0 Å². The molecule has 0 aliphatic rings. The van der Waals surface area contributed by atoms with Gasteiger partial charge in [-0.05, 0) is 36.6 Å². The van der Waals surface area contributed by atoms with Crippen molar-refractivity contribution >= 4 is 27.4 Å². The highest BCUT2D eigenvalue weighted by Gasteiger charge is 2.12. The van der Waals surface area contributed by atoms with E-state index in [4.69, 9.17) is 9.84 Å². The Morgan fingerprint density at radius 2 is 1.90 bits per heavy atom. The predicted molar refractivity (Wildman–Crippen MR) is 80.0 cm³/mol. The average molecular weight is 284 g/mol. The Morgan fingerprint density at radius 3 is 2.60 bits per heavy atom. The average Bonchev–Trinajstić information content (AvgIpc) is 2.87. The summed E-state index contributed by atoms with van der Waals surface area (Å²) in [6.07, 6.45) is 0. The van der Waals surface area contributed by atoms with Gasteiger partial charge in [-0.15, -0.1) is 11.3 Å². The first-order chi connectivity index (χ1) is 9.63. The molecule has 0 atom stereocenters. The van der Waals surface area contributed by atoms with Gasteiger partial charge >= 0.3 is 5.97 Å². The lowest BCUT2D eigenvalue weighted by Gasteiger charge is -2.06. The highest BCUT2D eigenvalue weighted by molar-refractivity contribution is 7.21. The number of ether oxygens (including phenoxy) is 1. The summed E-state index contributed by atoms with van der Waals surface area (Å²) in [5.41, 5.74) is 1.17. The van der Waals surface area contributed by atoms with Crippen LogP contribution in [0.1, 0.15) is 15.2 Å². The van der Waals surface area contributed by atoms with Crippen LogP contribution in [-0.4, -0.2) is 11.1 Å². The highest BCUT2D eigenvalue weighted by atomic mass is 32.1. The zero-order valence-electron chi connectivity index (χ0n) is 10.8. The maximum atomic E-state index is 11.0. The van der Waals surface area contributed by atoms with Crippen molar-refractivity contribution in [1.82, 2.24) is 0 Å². The Balaban J connectivity index is 2.02. The minimum absolute atomic E-state index is 0.319. The van der Waals surface area contributed by atoms with Crippen LogP contribution in [0, 0.1) is 6.92 Å². The molecule has 3 nitrogen and oxygen atoms in total. The summed E-state index contributed by atoms with van der Waals surface area (Å²) >= 11 is 1.23. The topological polar surface area (TPSA) is 46.5 Å².